The number of nitrogens with zero attached hydrogens (tertiary/aromatic N) is 6. The first kappa shape index (κ1) is 17.9. The van der Waals surface area contributed by atoms with E-state index in [0.717, 1.165) is 27.5 Å². The van der Waals surface area contributed by atoms with E-state index in [1.165, 1.54) is 9.56 Å². The normalized spacial score (nSPS) is 13.7. The molecule has 0 radical (unpaired) electrons. The van der Waals surface area contributed by atoms with E-state index in [9.17, 15) is 13.2 Å². The van der Waals surface area contributed by atoms with Crippen molar-refractivity contribution in [1.82, 2.24) is 29.4 Å². The molecule has 0 aromatic carbocycles. The van der Waals surface area contributed by atoms with Crippen molar-refractivity contribution in [2.45, 2.75) is 46.3 Å². The first-order valence-electron chi connectivity index (χ1n) is 8.37. The van der Waals surface area contributed by atoms with Crippen LogP contribution in [-0.2, 0) is 12.7 Å². The van der Waals surface area contributed by atoms with Crippen molar-refractivity contribution in [3.8, 4) is 0 Å². The van der Waals surface area contributed by atoms with E-state index in [0.29, 0.717) is 11.5 Å². The van der Waals surface area contributed by atoms with Gasteiger partial charge in [-0.2, -0.15) is 18.3 Å². The lowest BCUT2D eigenvalue weighted by Crippen LogP contribution is -2.12. The minimum absolute atomic E-state index is 0.209. The number of hydrogen-bond acceptors (Lipinski definition) is 5. The predicted molar refractivity (Wildman–Crippen MR) is 96.0 cm³/mol. The number of aryl methyl sites for hydroxylation is 3. The Morgan fingerprint density at radius 2 is 1.93 bits per heavy atom. The fraction of sp³-hybridized carbons (Fsp3) is 0.412. The second-order valence-electron chi connectivity index (χ2n) is 6.70. The number of rotatable bonds is 3. The maximum Gasteiger partial charge on any atom is 0.435 e. The Morgan fingerprint density at radius 1 is 1.19 bits per heavy atom. The minimum atomic E-state index is -4.45. The zero-order chi connectivity index (χ0) is 19.5. The van der Waals surface area contributed by atoms with Gasteiger partial charge >= 0.3 is 6.18 Å². The van der Waals surface area contributed by atoms with E-state index in [1.54, 1.807) is 29.1 Å². The maximum absolute atomic E-state index is 12.9. The van der Waals surface area contributed by atoms with E-state index in [-0.39, 0.29) is 12.5 Å². The highest BCUT2D eigenvalue weighted by molar-refractivity contribution is 7.18. The van der Waals surface area contributed by atoms with E-state index in [2.05, 4.69) is 20.2 Å². The Labute approximate surface area is 156 Å². The molecule has 0 saturated heterocycles. The largest absolute Gasteiger partial charge is 0.435 e. The van der Waals surface area contributed by atoms with Crippen molar-refractivity contribution in [2.75, 3.05) is 0 Å². The molecule has 0 amide bonds. The fourth-order valence-electron chi connectivity index (χ4n) is 3.04. The van der Waals surface area contributed by atoms with Gasteiger partial charge in [-0.3, -0.25) is 4.68 Å². The van der Waals surface area contributed by atoms with Gasteiger partial charge in [0.05, 0.1) is 11.9 Å². The topological polar surface area (TPSA) is 60.9 Å². The summed E-state index contributed by atoms with van der Waals surface area (Å²) in [6.45, 7) is 7.81. The molecule has 0 bridgehead atoms. The van der Waals surface area contributed by atoms with Crippen LogP contribution in [0.4, 0.5) is 13.2 Å². The molecule has 0 aliphatic heterocycles. The van der Waals surface area contributed by atoms with Crippen LogP contribution in [0, 0.1) is 20.8 Å². The number of aromatic nitrogens is 6. The average molecular weight is 394 g/mol. The molecule has 4 heterocycles. The van der Waals surface area contributed by atoms with Crippen LogP contribution in [0.2, 0.25) is 0 Å². The summed E-state index contributed by atoms with van der Waals surface area (Å²) >= 11 is 1.61. The third-order valence-corrected chi connectivity index (χ3v) is 5.80. The van der Waals surface area contributed by atoms with Crippen molar-refractivity contribution in [3.63, 3.8) is 0 Å². The molecule has 4 aromatic rings. The molecule has 27 heavy (non-hydrogen) atoms. The van der Waals surface area contributed by atoms with Gasteiger partial charge < -0.3 is 0 Å². The Bertz CT molecular complexity index is 1150. The molecule has 0 unspecified atom stereocenters. The lowest BCUT2D eigenvalue weighted by Gasteiger charge is -2.09. The zero-order valence-corrected chi connectivity index (χ0v) is 16.0. The Morgan fingerprint density at radius 3 is 2.59 bits per heavy atom. The SMILES string of the molecule is Cc1sc2ncn3nc([C@@H](C)Cn4nc(C(F)(F)F)cc4C)nc3c2c1C. The first-order chi connectivity index (χ1) is 12.6. The third-order valence-electron chi connectivity index (χ3n) is 4.68. The minimum Gasteiger partial charge on any atom is -0.269 e. The molecular weight excluding hydrogens is 377 g/mol. The van der Waals surface area contributed by atoms with Gasteiger partial charge in [-0.25, -0.2) is 14.5 Å². The van der Waals surface area contributed by atoms with Crippen LogP contribution >= 0.6 is 11.3 Å². The molecule has 4 rings (SSSR count). The van der Waals surface area contributed by atoms with Gasteiger partial charge in [0.1, 0.15) is 11.2 Å². The van der Waals surface area contributed by atoms with Crippen molar-refractivity contribution in [3.05, 3.63) is 40.0 Å². The first-order valence-corrected chi connectivity index (χ1v) is 9.19. The highest BCUT2D eigenvalue weighted by Crippen LogP contribution is 2.32. The fourth-order valence-corrected chi connectivity index (χ4v) is 4.04. The second kappa shape index (κ2) is 6.01. The lowest BCUT2D eigenvalue weighted by atomic mass is 10.1. The highest BCUT2D eigenvalue weighted by Gasteiger charge is 2.34. The van der Waals surface area contributed by atoms with Crippen LogP contribution in [0.3, 0.4) is 0 Å². The van der Waals surface area contributed by atoms with E-state index < -0.39 is 11.9 Å². The monoisotopic (exact) mass is 394 g/mol. The quantitative estimate of drug-likeness (QED) is 0.520. The average Bonchev–Trinajstić information content (AvgIpc) is 3.24. The van der Waals surface area contributed by atoms with Crippen LogP contribution in [0.15, 0.2) is 12.4 Å². The molecule has 1 atom stereocenters. The summed E-state index contributed by atoms with van der Waals surface area (Å²) < 4.78 is 41.6. The van der Waals surface area contributed by atoms with Crippen LogP contribution in [-0.4, -0.2) is 29.4 Å². The molecule has 0 fully saturated rings. The van der Waals surface area contributed by atoms with E-state index >= 15 is 0 Å². The Balaban J connectivity index is 1.70. The molecule has 0 aliphatic rings. The zero-order valence-electron chi connectivity index (χ0n) is 15.2. The smallest absolute Gasteiger partial charge is 0.269 e. The van der Waals surface area contributed by atoms with Gasteiger partial charge in [0, 0.05) is 16.5 Å². The molecule has 0 aliphatic carbocycles. The Hall–Kier alpha value is -2.49. The van der Waals surface area contributed by atoms with Gasteiger partial charge in [0.2, 0.25) is 0 Å². The Kier molecular flexibility index (Phi) is 3.99. The third kappa shape index (κ3) is 2.97. The second-order valence-corrected chi connectivity index (χ2v) is 7.90. The van der Waals surface area contributed by atoms with Crippen LogP contribution in [0.5, 0.6) is 0 Å². The molecule has 0 N–H and O–H groups in total. The van der Waals surface area contributed by atoms with Crippen molar-refractivity contribution < 1.29 is 13.2 Å². The predicted octanol–water partition coefficient (Wildman–Crippen LogP) is 4.28. The molecule has 0 spiro atoms. The summed E-state index contributed by atoms with van der Waals surface area (Å²) in [5, 5.41) is 9.14. The van der Waals surface area contributed by atoms with Crippen molar-refractivity contribution in [2.24, 2.45) is 0 Å². The molecule has 6 nitrogen and oxygen atoms in total. The molecule has 0 saturated carbocycles. The summed E-state index contributed by atoms with van der Waals surface area (Å²) in [5.41, 5.74) is 1.41. The van der Waals surface area contributed by atoms with Gasteiger partial charge in [-0.1, -0.05) is 6.92 Å². The molecular formula is C17H17F3N6S. The summed E-state index contributed by atoms with van der Waals surface area (Å²) in [5.74, 6) is 0.343. The molecule has 142 valence electrons. The highest BCUT2D eigenvalue weighted by atomic mass is 32.1. The van der Waals surface area contributed by atoms with Gasteiger partial charge in [0.15, 0.2) is 17.2 Å². The summed E-state index contributed by atoms with van der Waals surface area (Å²) in [4.78, 5) is 11.2. The number of alkyl halides is 3. The summed E-state index contributed by atoms with van der Waals surface area (Å²) in [7, 11) is 0. The standard InChI is InChI=1S/C17H17F3N6S/c1-8(6-25-9(2)5-12(23-25)17(18,19)20)14-22-15-13-10(3)11(4)27-16(13)21-7-26(15)24-14/h5,7-8H,6H2,1-4H3/t8-/m0/s1. The number of halogens is 3. The van der Waals surface area contributed by atoms with Gasteiger partial charge in [-0.05, 0) is 32.4 Å². The lowest BCUT2D eigenvalue weighted by molar-refractivity contribution is -0.141. The number of thiophene rings is 1. The number of fused-ring (bicyclic) bond motifs is 3. The molecule has 4 aromatic heterocycles. The van der Waals surface area contributed by atoms with Gasteiger partial charge in [-0.15, -0.1) is 16.4 Å². The van der Waals surface area contributed by atoms with Crippen LogP contribution in [0.25, 0.3) is 15.9 Å². The number of hydrogen-bond donors (Lipinski definition) is 0. The van der Waals surface area contributed by atoms with Gasteiger partial charge in [0.25, 0.3) is 0 Å². The molecule has 10 heteroatoms. The maximum atomic E-state index is 12.9. The van der Waals surface area contributed by atoms with E-state index in [4.69, 9.17) is 0 Å². The summed E-state index contributed by atoms with van der Waals surface area (Å²) in [6.07, 6.45) is -2.83. The van der Waals surface area contributed by atoms with Crippen molar-refractivity contribution in [1.29, 1.82) is 0 Å². The van der Waals surface area contributed by atoms with E-state index in [1.807, 2.05) is 20.8 Å². The summed E-state index contributed by atoms with van der Waals surface area (Å²) in [6, 6.07) is 1.05. The van der Waals surface area contributed by atoms with Crippen LogP contribution in [0.1, 0.15) is 40.5 Å². The van der Waals surface area contributed by atoms with Crippen LogP contribution < -0.4 is 0 Å². The van der Waals surface area contributed by atoms with Crippen molar-refractivity contribution >= 4 is 27.2 Å².